The van der Waals surface area contributed by atoms with Gasteiger partial charge < -0.3 is 10.3 Å². The fraction of sp³-hybridized carbons (Fsp3) is 0.0625. The zero-order valence-corrected chi connectivity index (χ0v) is 13.6. The fourth-order valence-corrected chi connectivity index (χ4v) is 2.82. The first-order valence-corrected chi connectivity index (χ1v) is 7.51. The van der Waals surface area contributed by atoms with Crippen LogP contribution in [0.15, 0.2) is 51.5 Å². The summed E-state index contributed by atoms with van der Waals surface area (Å²) in [4.78, 5) is 0. The van der Waals surface area contributed by atoms with E-state index < -0.39 is 0 Å². The molecule has 0 saturated heterocycles. The molecule has 106 valence electrons. The summed E-state index contributed by atoms with van der Waals surface area (Å²) in [6.45, 7) is 1.95. The summed E-state index contributed by atoms with van der Waals surface area (Å²) < 4.78 is 6.14. The van der Waals surface area contributed by atoms with Crippen LogP contribution in [0.1, 0.15) is 5.56 Å². The Balaban J connectivity index is 2.22. The van der Waals surface area contributed by atoms with Crippen LogP contribution in [-0.2, 0) is 0 Å². The molecule has 2 N–H and O–H groups in total. The van der Waals surface area contributed by atoms with E-state index in [2.05, 4.69) is 21.1 Å². The van der Waals surface area contributed by atoms with Gasteiger partial charge in [0, 0.05) is 20.6 Å². The highest BCUT2D eigenvalue weighted by Gasteiger charge is 2.19. The van der Waals surface area contributed by atoms with E-state index in [1.54, 1.807) is 0 Å². The Kier molecular flexibility index (Phi) is 3.74. The quantitative estimate of drug-likeness (QED) is 0.671. The third-order valence-electron chi connectivity index (χ3n) is 3.29. The lowest BCUT2D eigenvalue weighted by Crippen LogP contribution is -1.89. The number of benzene rings is 2. The van der Waals surface area contributed by atoms with Gasteiger partial charge in [0.2, 0.25) is 5.88 Å². The number of nitrogen functional groups attached to an aromatic ring is 1. The van der Waals surface area contributed by atoms with Crippen molar-refractivity contribution in [1.29, 1.82) is 0 Å². The van der Waals surface area contributed by atoms with Crippen molar-refractivity contribution in [3.8, 4) is 22.4 Å². The van der Waals surface area contributed by atoms with Gasteiger partial charge in [-0.05, 0) is 30.7 Å². The number of aryl methyl sites for hydroxylation is 1. The third kappa shape index (κ3) is 2.57. The molecule has 2 aromatic carbocycles. The first-order valence-electron chi connectivity index (χ1n) is 6.34. The maximum absolute atomic E-state index is 6.08. The number of rotatable bonds is 2. The Morgan fingerprint density at radius 1 is 1.19 bits per heavy atom. The molecule has 0 bridgehead atoms. The Hall–Kier alpha value is -1.78. The molecule has 0 amide bonds. The molecule has 0 aliphatic carbocycles. The highest BCUT2D eigenvalue weighted by molar-refractivity contribution is 9.10. The molecule has 0 fully saturated rings. The molecule has 0 saturated carbocycles. The van der Waals surface area contributed by atoms with Gasteiger partial charge in [0.05, 0.1) is 5.56 Å². The van der Waals surface area contributed by atoms with Crippen LogP contribution in [0.5, 0.6) is 0 Å². The van der Waals surface area contributed by atoms with E-state index >= 15 is 0 Å². The Morgan fingerprint density at radius 3 is 2.67 bits per heavy atom. The van der Waals surface area contributed by atoms with Gasteiger partial charge in [0.1, 0.15) is 5.69 Å². The van der Waals surface area contributed by atoms with Crippen molar-refractivity contribution in [1.82, 2.24) is 5.16 Å². The Labute approximate surface area is 135 Å². The number of halogens is 2. The Bertz CT molecular complexity index is 814. The summed E-state index contributed by atoms with van der Waals surface area (Å²) >= 11 is 9.62. The van der Waals surface area contributed by atoms with E-state index in [1.165, 1.54) is 0 Å². The second-order valence-electron chi connectivity index (χ2n) is 4.71. The summed E-state index contributed by atoms with van der Waals surface area (Å²) in [7, 11) is 0. The summed E-state index contributed by atoms with van der Waals surface area (Å²) in [5, 5.41) is 4.83. The minimum Gasteiger partial charge on any atom is -0.367 e. The van der Waals surface area contributed by atoms with Gasteiger partial charge in [0.25, 0.3) is 0 Å². The van der Waals surface area contributed by atoms with Crippen molar-refractivity contribution in [2.75, 3.05) is 5.73 Å². The summed E-state index contributed by atoms with van der Waals surface area (Å²) in [5.74, 6) is 0.296. The predicted molar refractivity (Wildman–Crippen MR) is 89.2 cm³/mol. The molecule has 1 heterocycles. The van der Waals surface area contributed by atoms with E-state index in [0.29, 0.717) is 11.6 Å². The van der Waals surface area contributed by atoms with Crippen molar-refractivity contribution in [2.45, 2.75) is 6.92 Å². The number of nitrogens with zero attached hydrogens (tertiary/aromatic N) is 1. The summed E-state index contributed by atoms with van der Waals surface area (Å²) in [6.07, 6.45) is 0. The van der Waals surface area contributed by atoms with Gasteiger partial charge in [-0.3, -0.25) is 0 Å². The van der Waals surface area contributed by atoms with Crippen LogP contribution < -0.4 is 5.73 Å². The normalized spacial score (nSPS) is 10.8. The zero-order valence-electron chi connectivity index (χ0n) is 11.2. The molecule has 0 spiro atoms. The SMILES string of the molecule is Cc1cc(-c2noc(N)c2-c2ccccc2Br)ccc1Cl. The van der Waals surface area contributed by atoms with Crippen LogP contribution >= 0.6 is 27.5 Å². The molecule has 0 radical (unpaired) electrons. The van der Waals surface area contributed by atoms with Crippen molar-refractivity contribution in [3.63, 3.8) is 0 Å². The number of hydrogen-bond donors (Lipinski definition) is 1. The summed E-state index contributed by atoms with van der Waals surface area (Å²) in [5.41, 5.74) is 10.3. The second-order valence-corrected chi connectivity index (χ2v) is 5.98. The first kappa shape index (κ1) is 14.2. The van der Waals surface area contributed by atoms with Gasteiger partial charge >= 0.3 is 0 Å². The number of nitrogens with two attached hydrogens (primary N) is 1. The summed E-state index contributed by atoms with van der Waals surface area (Å²) in [6, 6.07) is 13.6. The minimum atomic E-state index is 0.296. The van der Waals surface area contributed by atoms with Gasteiger partial charge in [-0.1, -0.05) is 57.0 Å². The van der Waals surface area contributed by atoms with Crippen molar-refractivity contribution >= 4 is 33.4 Å². The molecule has 21 heavy (non-hydrogen) atoms. The van der Waals surface area contributed by atoms with Crippen LogP contribution in [-0.4, -0.2) is 5.16 Å². The maximum atomic E-state index is 6.08. The average molecular weight is 364 g/mol. The topological polar surface area (TPSA) is 52.0 Å². The van der Waals surface area contributed by atoms with Crippen molar-refractivity contribution in [3.05, 3.63) is 57.5 Å². The second kappa shape index (κ2) is 5.54. The highest BCUT2D eigenvalue weighted by Crippen LogP contribution is 2.40. The highest BCUT2D eigenvalue weighted by atomic mass is 79.9. The van der Waals surface area contributed by atoms with Crippen LogP contribution in [0.25, 0.3) is 22.4 Å². The lowest BCUT2D eigenvalue weighted by atomic mass is 10.00. The molecule has 0 aliphatic rings. The fourth-order valence-electron chi connectivity index (χ4n) is 2.22. The Morgan fingerprint density at radius 2 is 1.95 bits per heavy atom. The van der Waals surface area contributed by atoms with Crippen LogP contribution in [0, 0.1) is 6.92 Å². The zero-order chi connectivity index (χ0) is 15.0. The molecule has 0 atom stereocenters. The van der Waals surface area contributed by atoms with Gasteiger partial charge in [-0.2, -0.15) is 0 Å². The minimum absolute atomic E-state index is 0.296. The monoisotopic (exact) mass is 362 g/mol. The van der Waals surface area contributed by atoms with E-state index in [-0.39, 0.29) is 0 Å². The van der Waals surface area contributed by atoms with Crippen molar-refractivity contribution in [2.24, 2.45) is 0 Å². The molecular formula is C16H12BrClN2O. The van der Waals surface area contributed by atoms with Crippen molar-refractivity contribution < 1.29 is 4.52 Å². The molecule has 5 heteroatoms. The first-order chi connectivity index (χ1) is 10.1. The lowest BCUT2D eigenvalue weighted by molar-refractivity contribution is 0.439. The largest absolute Gasteiger partial charge is 0.367 e. The van der Waals surface area contributed by atoms with Crippen LogP contribution in [0.2, 0.25) is 5.02 Å². The van der Waals surface area contributed by atoms with E-state index in [0.717, 1.165) is 31.7 Å². The predicted octanol–water partition coefficient (Wildman–Crippen LogP) is 5.32. The van der Waals surface area contributed by atoms with E-state index in [4.69, 9.17) is 21.9 Å². The number of anilines is 1. The molecular weight excluding hydrogens is 352 g/mol. The number of aromatic nitrogens is 1. The molecule has 1 aromatic heterocycles. The van der Waals surface area contributed by atoms with Gasteiger partial charge in [-0.25, -0.2) is 0 Å². The standard InChI is InChI=1S/C16H12BrClN2O/c1-9-8-10(6-7-13(9)18)15-14(16(19)21-20-15)11-4-2-3-5-12(11)17/h2-8H,19H2,1H3. The van der Waals surface area contributed by atoms with E-state index in [9.17, 15) is 0 Å². The lowest BCUT2D eigenvalue weighted by Gasteiger charge is -2.06. The van der Waals surface area contributed by atoms with Crippen LogP contribution in [0.4, 0.5) is 5.88 Å². The van der Waals surface area contributed by atoms with Crippen LogP contribution in [0.3, 0.4) is 0 Å². The molecule has 0 unspecified atom stereocenters. The molecule has 3 aromatic rings. The van der Waals surface area contributed by atoms with Gasteiger partial charge in [-0.15, -0.1) is 0 Å². The molecule has 3 rings (SSSR count). The van der Waals surface area contributed by atoms with Gasteiger partial charge in [0.15, 0.2) is 0 Å². The number of hydrogen-bond acceptors (Lipinski definition) is 3. The smallest absolute Gasteiger partial charge is 0.230 e. The third-order valence-corrected chi connectivity index (χ3v) is 4.41. The maximum Gasteiger partial charge on any atom is 0.230 e. The molecule has 0 aliphatic heterocycles. The molecule has 3 nitrogen and oxygen atoms in total. The average Bonchev–Trinajstić information content (AvgIpc) is 2.84. The van der Waals surface area contributed by atoms with E-state index in [1.807, 2.05) is 49.4 Å².